The maximum Gasteiger partial charge on any atom is 0.325 e. The Morgan fingerprint density at radius 2 is 1.89 bits per heavy atom. The van der Waals surface area contributed by atoms with Crippen LogP contribution in [0.1, 0.15) is 26.7 Å². The van der Waals surface area contributed by atoms with E-state index in [9.17, 15) is 9.90 Å². The fourth-order valence-corrected chi connectivity index (χ4v) is 2.56. The molecule has 5 heteroatoms. The topological polar surface area (TPSA) is 55.8 Å². The lowest BCUT2D eigenvalue weighted by atomic mass is 9.91. The predicted molar refractivity (Wildman–Crippen MR) is 77.4 cm³/mol. The monoisotopic (exact) mass is 271 g/mol. The molecule has 2 N–H and O–H groups in total. The molecule has 0 aromatic rings. The van der Waals surface area contributed by atoms with Gasteiger partial charge in [0.1, 0.15) is 5.54 Å². The van der Waals surface area contributed by atoms with Crippen LogP contribution in [0.2, 0.25) is 0 Å². The largest absolute Gasteiger partial charge is 0.480 e. The van der Waals surface area contributed by atoms with Gasteiger partial charge in [0.2, 0.25) is 0 Å². The van der Waals surface area contributed by atoms with Crippen molar-refractivity contribution in [3.8, 4) is 0 Å². The Morgan fingerprint density at radius 1 is 1.32 bits per heavy atom. The van der Waals surface area contributed by atoms with Gasteiger partial charge in [0.05, 0.1) is 0 Å². The highest BCUT2D eigenvalue weighted by Gasteiger charge is 2.51. The zero-order valence-electron chi connectivity index (χ0n) is 12.9. The summed E-state index contributed by atoms with van der Waals surface area (Å²) in [5.41, 5.74) is -0.783. The van der Waals surface area contributed by atoms with Crippen molar-refractivity contribution >= 4 is 5.97 Å². The molecule has 0 aromatic heterocycles. The number of carbonyl (C=O) groups is 1. The van der Waals surface area contributed by atoms with Crippen molar-refractivity contribution in [3.05, 3.63) is 0 Å². The number of carboxylic acids is 1. The van der Waals surface area contributed by atoms with Crippen LogP contribution < -0.4 is 5.32 Å². The van der Waals surface area contributed by atoms with Crippen molar-refractivity contribution in [1.29, 1.82) is 0 Å². The normalized spacial score (nSPS) is 19.2. The van der Waals surface area contributed by atoms with Crippen LogP contribution in [0, 0.1) is 5.92 Å². The molecule has 0 bridgehead atoms. The van der Waals surface area contributed by atoms with E-state index in [1.54, 1.807) is 0 Å². The zero-order chi connectivity index (χ0) is 14.6. The van der Waals surface area contributed by atoms with Gasteiger partial charge < -0.3 is 14.9 Å². The lowest BCUT2D eigenvalue weighted by Gasteiger charge is -2.36. The lowest BCUT2D eigenvalue weighted by Crippen LogP contribution is -2.62. The van der Waals surface area contributed by atoms with E-state index in [4.69, 9.17) is 0 Å². The Kier molecular flexibility index (Phi) is 5.77. The van der Waals surface area contributed by atoms with Crippen LogP contribution in [0.5, 0.6) is 0 Å². The summed E-state index contributed by atoms with van der Waals surface area (Å²) in [7, 11) is 6.07. The minimum Gasteiger partial charge on any atom is -0.480 e. The number of rotatable bonds is 9. The fraction of sp³-hybridized carbons (Fsp3) is 0.929. The van der Waals surface area contributed by atoms with Gasteiger partial charge in [-0.3, -0.25) is 10.1 Å². The van der Waals surface area contributed by atoms with Crippen molar-refractivity contribution in [1.82, 2.24) is 15.1 Å². The molecule has 1 unspecified atom stereocenters. The lowest BCUT2D eigenvalue weighted by molar-refractivity contribution is -0.147. The Morgan fingerprint density at radius 3 is 2.26 bits per heavy atom. The van der Waals surface area contributed by atoms with E-state index in [0.717, 1.165) is 25.9 Å². The highest BCUT2D eigenvalue weighted by molar-refractivity contribution is 5.80. The van der Waals surface area contributed by atoms with E-state index in [0.29, 0.717) is 6.54 Å². The first-order valence-corrected chi connectivity index (χ1v) is 7.12. The van der Waals surface area contributed by atoms with Crippen molar-refractivity contribution in [2.45, 2.75) is 38.3 Å². The Hall–Kier alpha value is -0.650. The number of likely N-dealkylation sites (N-methyl/N-ethyl adjacent to an activating group) is 2. The van der Waals surface area contributed by atoms with Gasteiger partial charge in [0.25, 0.3) is 0 Å². The SMILES string of the molecule is CC(C)NC(CN(C)CCN(C)C)(C(=O)O)C1CC1. The summed E-state index contributed by atoms with van der Waals surface area (Å²) in [6.07, 6.45) is 2.04. The second-order valence-corrected chi connectivity index (χ2v) is 6.39. The summed E-state index contributed by atoms with van der Waals surface area (Å²) in [4.78, 5) is 16.1. The number of aliphatic carboxylic acids is 1. The van der Waals surface area contributed by atoms with Crippen LogP contribution in [0.15, 0.2) is 0 Å². The smallest absolute Gasteiger partial charge is 0.325 e. The van der Waals surface area contributed by atoms with Gasteiger partial charge in [-0.05, 0) is 53.8 Å². The van der Waals surface area contributed by atoms with Gasteiger partial charge in [0, 0.05) is 25.7 Å². The van der Waals surface area contributed by atoms with Crippen LogP contribution in [0.25, 0.3) is 0 Å². The molecule has 1 atom stereocenters. The first-order chi connectivity index (χ1) is 8.78. The maximum atomic E-state index is 11.8. The summed E-state index contributed by atoms with van der Waals surface area (Å²) < 4.78 is 0. The van der Waals surface area contributed by atoms with Gasteiger partial charge >= 0.3 is 5.97 Å². The van der Waals surface area contributed by atoms with E-state index < -0.39 is 11.5 Å². The minimum absolute atomic E-state index is 0.180. The molecule has 0 spiro atoms. The zero-order valence-corrected chi connectivity index (χ0v) is 12.9. The average Bonchev–Trinajstić information content (AvgIpc) is 3.08. The highest BCUT2D eigenvalue weighted by atomic mass is 16.4. The standard InChI is InChI=1S/C14H29N3O2/c1-11(2)15-14(13(18)19,12-6-7-12)10-17(5)9-8-16(3)4/h11-12,15H,6-10H2,1-5H3,(H,18,19). The van der Waals surface area contributed by atoms with Crippen LogP contribution >= 0.6 is 0 Å². The summed E-state index contributed by atoms with van der Waals surface area (Å²) in [5.74, 6) is -0.436. The molecule has 5 nitrogen and oxygen atoms in total. The van der Waals surface area contributed by atoms with Crippen molar-refractivity contribution in [3.63, 3.8) is 0 Å². The van der Waals surface area contributed by atoms with Gasteiger partial charge in [-0.1, -0.05) is 0 Å². The fourth-order valence-electron chi connectivity index (χ4n) is 2.56. The van der Waals surface area contributed by atoms with Crippen molar-refractivity contribution < 1.29 is 9.90 Å². The minimum atomic E-state index is -0.783. The number of nitrogens with one attached hydrogen (secondary N) is 1. The van der Waals surface area contributed by atoms with Crippen LogP contribution in [0.3, 0.4) is 0 Å². The van der Waals surface area contributed by atoms with E-state index >= 15 is 0 Å². The third kappa shape index (κ3) is 4.75. The van der Waals surface area contributed by atoms with Gasteiger partial charge in [0.15, 0.2) is 0 Å². The molecule has 0 aromatic carbocycles. The Balaban J connectivity index is 2.70. The summed E-state index contributed by atoms with van der Waals surface area (Å²) in [6.45, 7) is 6.42. The number of carboxylic acid groups (broad SMARTS) is 1. The molecule has 1 saturated carbocycles. The molecular formula is C14H29N3O2. The summed E-state index contributed by atoms with van der Waals surface area (Å²) in [5, 5.41) is 13.0. The molecule has 0 amide bonds. The second-order valence-electron chi connectivity index (χ2n) is 6.39. The molecule has 0 aliphatic heterocycles. The summed E-state index contributed by atoms with van der Waals surface area (Å²) in [6, 6.07) is 0.180. The third-order valence-corrected chi connectivity index (χ3v) is 3.65. The van der Waals surface area contributed by atoms with Crippen LogP contribution in [-0.4, -0.2) is 73.2 Å². The van der Waals surface area contributed by atoms with Gasteiger partial charge in [-0.25, -0.2) is 0 Å². The second kappa shape index (κ2) is 6.68. The third-order valence-electron chi connectivity index (χ3n) is 3.65. The number of nitrogens with zero attached hydrogens (tertiary/aromatic N) is 2. The van der Waals surface area contributed by atoms with E-state index in [2.05, 4.69) is 15.1 Å². The molecular weight excluding hydrogens is 242 g/mol. The van der Waals surface area contributed by atoms with E-state index in [1.165, 1.54) is 0 Å². The molecule has 112 valence electrons. The molecule has 1 aliphatic rings. The molecule has 1 fully saturated rings. The van der Waals surface area contributed by atoms with E-state index in [1.807, 2.05) is 35.0 Å². The highest BCUT2D eigenvalue weighted by Crippen LogP contribution is 2.40. The molecule has 0 saturated heterocycles. The molecule has 0 heterocycles. The van der Waals surface area contributed by atoms with Gasteiger partial charge in [-0.2, -0.15) is 0 Å². The van der Waals surface area contributed by atoms with Crippen LogP contribution in [0.4, 0.5) is 0 Å². The number of hydrogen-bond acceptors (Lipinski definition) is 4. The molecule has 19 heavy (non-hydrogen) atoms. The Bertz CT molecular complexity index is 303. The number of hydrogen-bond donors (Lipinski definition) is 2. The quantitative estimate of drug-likeness (QED) is 0.647. The van der Waals surface area contributed by atoms with E-state index in [-0.39, 0.29) is 12.0 Å². The molecule has 1 rings (SSSR count). The Labute approximate surface area is 117 Å². The first kappa shape index (κ1) is 16.4. The average molecular weight is 271 g/mol. The summed E-state index contributed by atoms with van der Waals surface area (Å²) >= 11 is 0. The first-order valence-electron chi connectivity index (χ1n) is 7.12. The van der Waals surface area contributed by atoms with Gasteiger partial charge in [-0.15, -0.1) is 0 Å². The predicted octanol–water partition coefficient (Wildman–Crippen LogP) is 0.711. The molecule has 1 aliphatic carbocycles. The molecule has 0 radical (unpaired) electrons. The van der Waals surface area contributed by atoms with Crippen LogP contribution in [-0.2, 0) is 4.79 Å². The van der Waals surface area contributed by atoms with Crippen molar-refractivity contribution in [2.24, 2.45) is 5.92 Å². The maximum absolute atomic E-state index is 11.8. The van der Waals surface area contributed by atoms with Crippen molar-refractivity contribution in [2.75, 3.05) is 40.8 Å².